The van der Waals surface area contributed by atoms with Gasteiger partial charge in [-0.05, 0) is 31.0 Å². The third-order valence-corrected chi connectivity index (χ3v) is 4.00. The number of carbonyl (C=O) groups excluding carboxylic acids is 2. The summed E-state index contributed by atoms with van der Waals surface area (Å²) in [5, 5.41) is 3.42. The molecule has 1 saturated heterocycles. The summed E-state index contributed by atoms with van der Waals surface area (Å²) in [4.78, 5) is 29.4. The number of nitrogens with two attached hydrogens (primary N) is 1. The minimum absolute atomic E-state index is 0.111. The molecule has 1 unspecified atom stereocenters. The van der Waals surface area contributed by atoms with Crippen molar-refractivity contribution >= 4 is 28.4 Å². The lowest BCUT2D eigenvalue weighted by atomic mass is 10.1. The van der Waals surface area contributed by atoms with Crippen molar-refractivity contribution in [3.63, 3.8) is 0 Å². The molecule has 2 aromatic rings. The fraction of sp³-hybridized carbons (Fsp3) is 0.333. The normalized spacial score (nSPS) is 18.1. The highest BCUT2D eigenvalue weighted by atomic mass is 16.2. The van der Waals surface area contributed by atoms with E-state index in [2.05, 4.69) is 10.3 Å². The molecule has 0 bridgehead atoms. The summed E-state index contributed by atoms with van der Waals surface area (Å²) in [6.45, 7) is 0.603. The molecule has 2 amide bonds. The Morgan fingerprint density at radius 1 is 1.43 bits per heavy atom. The summed E-state index contributed by atoms with van der Waals surface area (Å²) in [5.41, 5.74) is 7.84. The van der Waals surface area contributed by atoms with Crippen LogP contribution < -0.4 is 11.1 Å². The Morgan fingerprint density at radius 2 is 2.24 bits per heavy atom. The monoisotopic (exact) mass is 286 g/mol. The maximum atomic E-state index is 12.7. The molecule has 1 aliphatic heterocycles. The van der Waals surface area contributed by atoms with E-state index in [-0.39, 0.29) is 17.9 Å². The summed E-state index contributed by atoms with van der Waals surface area (Å²) >= 11 is 0. The Morgan fingerprint density at radius 3 is 3.00 bits per heavy atom. The highest BCUT2D eigenvalue weighted by molar-refractivity contribution is 6.08. The number of aromatic nitrogens is 1. The van der Waals surface area contributed by atoms with E-state index in [1.165, 1.54) is 0 Å². The molecular weight excluding hydrogens is 268 g/mol. The van der Waals surface area contributed by atoms with Crippen LogP contribution >= 0.6 is 0 Å². The van der Waals surface area contributed by atoms with E-state index in [9.17, 15) is 9.59 Å². The van der Waals surface area contributed by atoms with Gasteiger partial charge in [0.2, 0.25) is 5.91 Å². The van der Waals surface area contributed by atoms with Gasteiger partial charge in [0.05, 0.1) is 5.56 Å². The van der Waals surface area contributed by atoms with Crippen molar-refractivity contribution in [3.8, 4) is 0 Å². The average Bonchev–Trinajstić information content (AvgIpc) is 3.12. The predicted octanol–water partition coefficient (Wildman–Crippen LogP) is 1.10. The van der Waals surface area contributed by atoms with Crippen LogP contribution in [0, 0.1) is 0 Å². The van der Waals surface area contributed by atoms with Crippen molar-refractivity contribution in [1.82, 2.24) is 15.2 Å². The number of likely N-dealkylation sites (N-methyl/N-ethyl adjacent to an activating group) is 1. The molecule has 1 atom stereocenters. The number of rotatable bonds is 2. The number of nitrogens with zero attached hydrogens (tertiary/aromatic N) is 1. The molecular formula is C15H18N4O2. The van der Waals surface area contributed by atoms with Crippen LogP contribution in [0.25, 0.3) is 10.9 Å². The number of nitrogen functional groups attached to an aromatic ring is 1. The van der Waals surface area contributed by atoms with Crippen LogP contribution in [0.3, 0.4) is 0 Å². The number of likely N-dealkylation sites (tertiary alicyclic amines) is 1. The number of aromatic amines is 1. The van der Waals surface area contributed by atoms with Gasteiger partial charge in [-0.3, -0.25) is 9.59 Å². The molecule has 1 fully saturated rings. The summed E-state index contributed by atoms with van der Waals surface area (Å²) in [5.74, 6) is -0.238. The SMILES string of the molecule is CNC(=O)C1CCCN1C(=O)c1c[nH]c2ccc(N)cc12. The molecule has 1 aromatic heterocycles. The molecule has 0 spiro atoms. The Kier molecular flexibility index (Phi) is 3.29. The Hall–Kier alpha value is -2.50. The van der Waals surface area contributed by atoms with E-state index >= 15 is 0 Å². The molecule has 6 nitrogen and oxygen atoms in total. The third kappa shape index (κ3) is 2.22. The van der Waals surface area contributed by atoms with Gasteiger partial charge in [0.1, 0.15) is 6.04 Å². The van der Waals surface area contributed by atoms with Gasteiger partial charge in [0, 0.05) is 36.4 Å². The number of fused-ring (bicyclic) bond motifs is 1. The second kappa shape index (κ2) is 5.12. The van der Waals surface area contributed by atoms with Crippen molar-refractivity contribution in [3.05, 3.63) is 30.0 Å². The lowest BCUT2D eigenvalue weighted by Crippen LogP contribution is -2.44. The van der Waals surface area contributed by atoms with Crippen LogP contribution in [-0.2, 0) is 4.79 Å². The highest BCUT2D eigenvalue weighted by Crippen LogP contribution is 2.26. The summed E-state index contributed by atoms with van der Waals surface area (Å²) in [6, 6.07) is 5.04. The van der Waals surface area contributed by atoms with Crippen LogP contribution in [-0.4, -0.2) is 41.3 Å². The molecule has 0 saturated carbocycles. The molecule has 6 heteroatoms. The number of hydrogen-bond acceptors (Lipinski definition) is 3. The van der Waals surface area contributed by atoms with Crippen LogP contribution in [0.1, 0.15) is 23.2 Å². The van der Waals surface area contributed by atoms with Gasteiger partial charge >= 0.3 is 0 Å². The second-order valence-electron chi connectivity index (χ2n) is 5.28. The predicted molar refractivity (Wildman–Crippen MR) is 80.8 cm³/mol. The van der Waals surface area contributed by atoms with E-state index in [1.807, 2.05) is 6.07 Å². The van der Waals surface area contributed by atoms with Gasteiger partial charge in [-0.25, -0.2) is 0 Å². The molecule has 1 aliphatic rings. The van der Waals surface area contributed by atoms with E-state index < -0.39 is 0 Å². The molecule has 2 heterocycles. The zero-order valence-corrected chi connectivity index (χ0v) is 11.8. The smallest absolute Gasteiger partial charge is 0.256 e. The minimum Gasteiger partial charge on any atom is -0.399 e. The topological polar surface area (TPSA) is 91.2 Å². The van der Waals surface area contributed by atoms with E-state index in [0.717, 1.165) is 17.3 Å². The standard InChI is InChI=1S/C15H18N4O2/c1-17-14(20)13-3-2-6-19(13)15(21)11-8-18-12-5-4-9(16)7-10(11)12/h4-5,7-8,13,18H,2-3,6,16H2,1H3,(H,17,20). The molecule has 0 aliphatic carbocycles. The van der Waals surface area contributed by atoms with E-state index in [4.69, 9.17) is 5.73 Å². The fourth-order valence-electron chi connectivity index (χ4n) is 2.92. The highest BCUT2D eigenvalue weighted by Gasteiger charge is 2.34. The van der Waals surface area contributed by atoms with Gasteiger partial charge in [0.15, 0.2) is 0 Å². The third-order valence-electron chi connectivity index (χ3n) is 4.00. The van der Waals surface area contributed by atoms with Gasteiger partial charge in [0.25, 0.3) is 5.91 Å². The first-order valence-corrected chi connectivity index (χ1v) is 7.01. The van der Waals surface area contributed by atoms with Crippen molar-refractivity contribution < 1.29 is 9.59 Å². The molecule has 0 radical (unpaired) electrons. The van der Waals surface area contributed by atoms with Crippen LogP contribution in [0.15, 0.2) is 24.4 Å². The number of nitrogens with one attached hydrogen (secondary N) is 2. The van der Waals surface area contributed by atoms with Gasteiger partial charge in [-0.1, -0.05) is 0 Å². The first kappa shape index (κ1) is 13.5. The average molecular weight is 286 g/mol. The van der Waals surface area contributed by atoms with E-state index in [1.54, 1.807) is 30.3 Å². The van der Waals surface area contributed by atoms with Crippen molar-refractivity contribution in [1.29, 1.82) is 0 Å². The number of amides is 2. The molecule has 3 rings (SSSR count). The number of benzene rings is 1. The molecule has 4 N–H and O–H groups in total. The van der Waals surface area contributed by atoms with Crippen LogP contribution in [0.4, 0.5) is 5.69 Å². The lowest BCUT2D eigenvalue weighted by Gasteiger charge is -2.23. The van der Waals surface area contributed by atoms with Crippen molar-refractivity contribution in [2.45, 2.75) is 18.9 Å². The number of carbonyl (C=O) groups is 2. The van der Waals surface area contributed by atoms with Crippen LogP contribution in [0.2, 0.25) is 0 Å². The largest absolute Gasteiger partial charge is 0.399 e. The second-order valence-corrected chi connectivity index (χ2v) is 5.28. The van der Waals surface area contributed by atoms with Crippen molar-refractivity contribution in [2.24, 2.45) is 0 Å². The summed E-state index contributed by atoms with van der Waals surface area (Å²) in [6.07, 6.45) is 3.23. The summed E-state index contributed by atoms with van der Waals surface area (Å²) in [7, 11) is 1.59. The van der Waals surface area contributed by atoms with E-state index in [0.29, 0.717) is 24.2 Å². The first-order valence-electron chi connectivity index (χ1n) is 7.01. The zero-order valence-electron chi connectivity index (χ0n) is 11.8. The molecule has 1 aromatic carbocycles. The van der Waals surface area contributed by atoms with Crippen LogP contribution in [0.5, 0.6) is 0 Å². The Labute approximate surface area is 122 Å². The quantitative estimate of drug-likeness (QED) is 0.722. The minimum atomic E-state index is -0.381. The lowest BCUT2D eigenvalue weighted by molar-refractivity contribution is -0.124. The fourth-order valence-corrected chi connectivity index (χ4v) is 2.92. The Bertz CT molecular complexity index is 707. The van der Waals surface area contributed by atoms with Crippen molar-refractivity contribution in [2.75, 3.05) is 19.3 Å². The number of H-pyrrole nitrogens is 1. The Balaban J connectivity index is 1.96. The maximum Gasteiger partial charge on any atom is 0.256 e. The summed E-state index contributed by atoms with van der Waals surface area (Å²) < 4.78 is 0. The maximum absolute atomic E-state index is 12.7. The zero-order chi connectivity index (χ0) is 15.0. The van der Waals surface area contributed by atoms with Gasteiger partial charge < -0.3 is 20.9 Å². The molecule has 21 heavy (non-hydrogen) atoms. The first-order chi connectivity index (χ1) is 10.1. The molecule has 110 valence electrons. The number of anilines is 1. The number of hydrogen-bond donors (Lipinski definition) is 3. The van der Waals surface area contributed by atoms with Gasteiger partial charge in [-0.2, -0.15) is 0 Å². The van der Waals surface area contributed by atoms with Gasteiger partial charge in [-0.15, -0.1) is 0 Å².